The molecule has 0 radical (unpaired) electrons. The van der Waals surface area contributed by atoms with Gasteiger partial charge in [0.15, 0.2) is 0 Å². The second-order valence-corrected chi connectivity index (χ2v) is 5.80. The summed E-state index contributed by atoms with van der Waals surface area (Å²) in [6.45, 7) is 6.37. The van der Waals surface area contributed by atoms with Crippen molar-refractivity contribution in [1.29, 1.82) is 0 Å². The number of pyridine rings is 1. The maximum absolute atomic E-state index is 11.0. The molecule has 2 saturated heterocycles. The van der Waals surface area contributed by atoms with Crippen LogP contribution in [0.5, 0.6) is 0 Å². The molecule has 0 saturated carbocycles. The Morgan fingerprint density at radius 1 is 1.35 bits per heavy atom. The van der Waals surface area contributed by atoms with Gasteiger partial charge < -0.3 is 10.0 Å². The fourth-order valence-electron chi connectivity index (χ4n) is 3.41. The van der Waals surface area contributed by atoms with Crippen molar-refractivity contribution in [3.8, 4) is 0 Å². The van der Waals surface area contributed by atoms with Crippen LogP contribution in [-0.2, 0) is 0 Å². The fourth-order valence-corrected chi connectivity index (χ4v) is 3.41. The lowest BCUT2D eigenvalue weighted by Gasteiger charge is -2.27. The smallest absolute Gasteiger partial charge is 0.337 e. The molecule has 2 aliphatic rings. The Labute approximate surface area is 119 Å². The summed E-state index contributed by atoms with van der Waals surface area (Å²) in [7, 11) is 0. The molecular formula is C15H21N3O2. The molecule has 1 atom stereocenters. The van der Waals surface area contributed by atoms with Crippen LogP contribution in [-0.4, -0.2) is 53.2 Å². The summed E-state index contributed by atoms with van der Waals surface area (Å²) in [5.41, 5.74) is 1.22. The Kier molecular flexibility index (Phi) is 3.61. The molecule has 0 spiro atoms. The van der Waals surface area contributed by atoms with Gasteiger partial charge in [0, 0.05) is 31.9 Å². The van der Waals surface area contributed by atoms with Gasteiger partial charge in [-0.3, -0.25) is 4.90 Å². The second-order valence-electron chi connectivity index (χ2n) is 5.80. The van der Waals surface area contributed by atoms with Crippen molar-refractivity contribution in [2.45, 2.75) is 32.2 Å². The summed E-state index contributed by atoms with van der Waals surface area (Å²) in [6.07, 6.45) is 5.19. The molecule has 0 aliphatic carbocycles. The van der Waals surface area contributed by atoms with Crippen molar-refractivity contribution in [3.05, 3.63) is 23.4 Å². The van der Waals surface area contributed by atoms with E-state index in [4.69, 9.17) is 5.11 Å². The third-order valence-corrected chi connectivity index (χ3v) is 4.40. The van der Waals surface area contributed by atoms with E-state index in [9.17, 15) is 4.79 Å². The molecule has 0 bridgehead atoms. The lowest BCUT2D eigenvalue weighted by Crippen LogP contribution is -2.37. The third-order valence-electron chi connectivity index (χ3n) is 4.40. The summed E-state index contributed by atoms with van der Waals surface area (Å²) in [5.74, 6) is 0.0359. The average Bonchev–Trinajstić information content (AvgIpc) is 2.76. The third kappa shape index (κ3) is 2.50. The molecule has 1 aromatic heterocycles. The minimum atomic E-state index is -0.912. The number of anilines is 1. The highest BCUT2D eigenvalue weighted by molar-refractivity contribution is 5.87. The van der Waals surface area contributed by atoms with Crippen molar-refractivity contribution >= 4 is 11.8 Å². The van der Waals surface area contributed by atoms with E-state index in [2.05, 4.69) is 14.8 Å². The fraction of sp³-hybridized carbons (Fsp3) is 0.600. The number of rotatable bonds is 2. The van der Waals surface area contributed by atoms with Crippen LogP contribution >= 0.6 is 0 Å². The molecule has 0 aromatic carbocycles. The maximum Gasteiger partial charge on any atom is 0.337 e. The van der Waals surface area contributed by atoms with E-state index in [1.165, 1.54) is 32.1 Å². The van der Waals surface area contributed by atoms with E-state index in [1.54, 1.807) is 6.07 Å². The zero-order valence-electron chi connectivity index (χ0n) is 11.9. The molecule has 20 heavy (non-hydrogen) atoms. The van der Waals surface area contributed by atoms with Gasteiger partial charge in [-0.15, -0.1) is 0 Å². The molecular weight excluding hydrogens is 254 g/mol. The first-order valence-electron chi connectivity index (χ1n) is 7.34. The molecule has 1 unspecified atom stereocenters. The first-order chi connectivity index (χ1) is 9.65. The van der Waals surface area contributed by atoms with Gasteiger partial charge >= 0.3 is 5.97 Å². The van der Waals surface area contributed by atoms with Crippen molar-refractivity contribution in [1.82, 2.24) is 9.88 Å². The van der Waals surface area contributed by atoms with Crippen LogP contribution in [0.1, 0.15) is 35.2 Å². The van der Waals surface area contributed by atoms with Gasteiger partial charge in [0.05, 0.1) is 5.56 Å². The van der Waals surface area contributed by atoms with Crippen LogP contribution in [0.3, 0.4) is 0 Å². The van der Waals surface area contributed by atoms with E-state index in [-0.39, 0.29) is 5.56 Å². The lowest BCUT2D eigenvalue weighted by molar-refractivity contribution is 0.0696. The van der Waals surface area contributed by atoms with Gasteiger partial charge in [0.25, 0.3) is 0 Å². The SMILES string of the molecule is Cc1cc(C(=O)O)cnc1N1CCCN2CCCC2C1. The van der Waals surface area contributed by atoms with E-state index in [0.29, 0.717) is 6.04 Å². The number of carbonyl (C=O) groups is 1. The number of hydrogen-bond acceptors (Lipinski definition) is 4. The van der Waals surface area contributed by atoms with E-state index < -0.39 is 5.97 Å². The standard InChI is InChI=1S/C15H21N3O2/c1-11-8-12(15(19)20)9-16-14(11)18-7-3-6-17-5-2-4-13(17)10-18/h8-9,13H,2-7,10H2,1H3,(H,19,20). The number of carboxylic acid groups (broad SMARTS) is 1. The van der Waals surface area contributed by atoms with Crippen LogP contribution in [0.4, 0.5) is 5.82 Å². The molecule has 0 amide bonds. The van der Waals surface area contributed by atoms with Crippen molar-refractivity contribution in [2.75, 3.05) is 31.1 Å². The zero-order valence-corrected chi connectivity index (χ0v) is 11.9. The summed E-state index contributed by atoms with van der Waals surface area (Å²) >= 11 is 0. The van der Waals surface area contributed by atoms with Gasteiger partial charge in [-0.2, -0.15) is 0 Å². The molecule has 108 valence electrons. The Balaban J connectivity index is 1.82. The molecule has 5 nitrogen and oxygen atoms in total. The normalized spacial score (nSPS) is 23.4. The minimum absolute atomic E-state index is 0.267. The number of carboxylic acids is 1. The monoisotopic (exact) mass is 275 g/mol. The molecule has 1 aromatic rings. The Hall–Kier alpha value is -1.62. The predicted molar refractivity (Wildman–Crippen MR) is 77.4 cm³/mol. The Morgan fingerprint density at radius 2 is 2.15 bits per heavy atom. The van der Waals surface area contributed by atoms with Gasteiger partial charge in [0.2, 0.25) is 0 Å². The first-order valence-corrected chi connectivity index (χ1v) is 7.34. The summed E-state index contributed by atoms with van der Waals surface area (Å²) in [5, 5.41) is 9.02. The first kappa shape index (κ1) is 13.4. The van der Waals surface area contributed by atoms with E-state index >= 15 is 0 Å². The number of fused-ring (bicyclic) bond motifs is 1. The highest BCUT2D eigenvalue weighted by Gasteiger charge is 2.29. The summed E-state index contributed by atoms with van der Waals surface area (Å²) < 4.78 is 0. The maximum atomic E-state index is 11.0. The van der Waals surface area contributed by atoms with E-state index in [0.717, 1.165) is 30.9 Å². The van der Waals surface area contributed by atoms with Crippen LogP contribution < -0.4 is 4.90 Å². The molecule has 2 fully saturated rings. The summed E-state index contributed by atoms with van der Waals surface area (Å²) in [4.78, 5) is 20.3. The van der Waals surface area contributed by atoms with Crippen LogP contribution in [0, 0.1) is 6.92 Å². The predicted octanol–water partition coefficient (Wildman–Crippen LogP) is 1.76. The molecule has 3 rings (SSSR count). The average molecular weight is 275 g/mol. The highest BCUT2D eigenvalue weighted by atomic mass is 16.4. The lowest BCUT2D eigenvalue weighted by atomic mass is 10.1. The van der Waals surface area contributed by atoms with Crippen molar-refractivity contribution in [2.24, 2.45) is 0 Å². The van der Waals surface area contributed by atoms with Crippen LogP contribution in [0.2, 0.25) is 0 Å². The number of aromatic carboxylic acids is 1. The Morgan fingerprint density at radius 3 is 2.90 bits per heavy atom. The topological polar surface area (TPSA) is 56.7 Å². The van der Waals surface area contributed by atoms with Crippen molar-refractivity contribution in [3.63, 3.8) is 0 Å². The zero-order chi connectivity index (χ0) is 14.1. The van der Waals surface area contributed by atoms with Gasteiger partial charge in [-0.25, -0.2) is 9.78 Å². The van der Waals surface area contributed by atoms with Crippen molar-refractivity contribution < 1.29 is 9.90 Å². The van der Waals surface area contributed by atoms with Crippen LogP contribution in [0.25, 0.3) is 0 Å². The van der Waals surface area contributed by atoms with Gasteiger partial charge in [-0.1, -0.05) is 0 Å². The molecule has 1 N–H and O–H groups in total. The highest BCUT2D eigenvalue weighted by Crippen LogP contribution is 2.26. The minimum Gasteiger partial charge on any atom is -0.478 e. The summed E-state index contributed by atoms with van der Waals surface area (Å²) in [6, 6.07) is 2.36. The largest absolute Gasteiger partial charge is 0.478 e. The quantitative estimate of drug-likeness (QED) is 0.891. The second kappa shape index (κ2) is 5.40. The number of hydrogen-bond donors (Lipinski definition) is 1. The van der Waals surface area contributed by atoms with Gasteiger partial charge in [-0.05, 0) is 44.4 Å². The Bertz CT molecular complexity index is 518. The number of nitrogens with zero attached hydrogens (tertiary/aromatic N) is 3. The molecule has 3 heterocycles. The number of aryl methyl sites for hydroxylation is 1. The molecule has 2 aliphatic heterocycles. The number of aromatic nitrogens is 1. The van der Waals surface area contributed by atoms with Crippen LogP contribution in [0.15, 0.2) is 12.3 Å². The van der Waals surface area contributed by atoms with E-state index in [1.807, 2.05) is 6.92 Å². The van der Waals surface area contributed by atoms with Gasteiger partial charge in [0.1, 0.15) is 5.82 Å². The molecule has 5 heteroatoms.